The predicted molar refractivity (Wildman–Crippen MR) is 76.2 cm³/mol. The molecule has 3 nitrogen and oxygen atoms in total. The van der Waals surface area contributed by atoms with Gasteiger partial charge in [-0.25, -0.2) is 0 Å². The van der Waals surface area contributed by atoms with Gasteiger partial charge in [0.2, 0.25) is 5.91 Å². The maximum atomic E-state index is 11.8. The predicted octanol–water partition coefficient (Wildman–Crippen LogP) is 2.84. The van der Waals surface area contributed by atoms with Crippen molar-refractivity contribution in [2.45, 2.75) is 71.3 Å². The van der Waals surface area contributed by atoms with E-state index in [2.05, 4.69) is 19.2 Å². The zero-order valence-electron chi connectivity index (χ0n) is 12.1. The second-order valence-corrected chi connectivity index (χ2v) is 6.19. The molecule has 1 saturated carbocycles. The van der Waals surface area contributed by atoms with Crippen LogP contribution in [-0.4, -0.2) is 18.5 Å². The Balaban J connectivity index is 2.23. The van der Waals surface area contributed by atoms with E-state index in [0.29, 0.717) is 11.8 Å². The number of hydrogen-bond donors (Lipinski definition) is 2. The van der Waals surface area contributed by atoms with Crippen molar-refractivity contribution in [3.05, 3.63) is 0 Å². The molecule has 3 heteroatoms. The van der Waals surface area contributed by atoms with E-state index in [9.17, 15) is 4.79 Å². The molecule has 1 atom stereocenters. The molecular weight excluding hydrogens is 224 g/mol. The Labute approximate surface area is 112 Å². The Morgan fingerprint density at radius 3 is 2.28 bits per heavy atom. The number of nitrogens with two attached hydrogens (primary N) is 1. The molecular formula is C15H30N2O. The van der Waals surface area contributed by atoms with Gasteiger partial charge in [-0.3, -0.25) is 4.79 Å². The fraction of sp³-hybridized carbons (Fsp3) is 0.933. The minimum Gasteiger partial charge on any atom is -0.354 e. The largest absolute Gasteiger partial charge is 0.354 e. The lowest BCUT2D eigenvalue weighted by atomic mass is 9.91. The monoisotopic (exact) mass is 254 g/mol. The van der Waals surface area contributed by atoms with Gasteiger partial charge in [-0.15, -0.1) is 0 Å². The molecule has 0 heterocycles. The highest BCUT2D eigenvalue weighted by Gasteiger charge is 2.17. The van der Waals surface area contributed by atoms with E-state index in [0.717, 1.165) is 13.0 Å². The van der Waals surface area contributed by atoms with Gasteiger partial charge in [0.15, 0.2) is 0 Å². The van der Waals surface area contributed by atoms with Gasteiger partial charge >= 0.3 is 0 Å². The van der Waals surface area contributed by atoms with Crippen molar-refractivity contribution in [3.63, 3.8) is 0 Å². The Kier molecular flexibility index (Phi) is 7.33. The molecule has 3 N–H and O–H groups in total. The second kappa shape index (κ2) is 8.52. The van der Waals surface area contributed by atoms with Crippen LogP contribution in [-0.2, 0) is 4.79 Å². The van der Waals surface area contributed by atoms with Crippen molar-refractivity contribution < 1.29 is 4.79 Å². The molecule has 106 valence electrons. The lowest BCUT2D eigenvalue weighted by molar-refractivity contribution is -0.122. The zero-order valence-corrected chi connectivity index (χ0v) is 12.1. The molecule has 1 amide bonds. The van der Waals surface area contributed by atoms with Crippen LogP contribution in [0, 0.1) is 11.8 Å². The third-order valence-corrected chi connectivity index (χ3v) is 3.85. The summed E-state index contributed by atoms with van der Waals surface area (Å²) in [5, 5.41) is 3.04. The van der Waals surface area contributed by atoms with Gasteiger partial charge in [-0.2, -0.15) is 0 Å². The van der Waals surface area contributed by atoms with Crippen LogP contribution in [0.25, 0.3) is 0 Å². The standard InChI is InChI=1S/C15H30N2O/c1-12(2)10-14(16)15(18)17-11-13-8-6-4-3-5-7-9-13/h12-14H,3-11,16H2,1-2H3,(H,17,18)/t14-/m0/s1. The minimum absolute atomic E-state index is 0.0331. The topological polar surface area (TPSA) is 55.1 Å². The van der Waals surface area contributed by atoms with E-state index >= 15 is 0 Å². The van der Waals surface area contributed by atoms with Crippen LogP contribution < -0.4 is 11.1 Å². The van der Waals surface area contributed by atoms with Crippen molar-refractivity contribution in [3.8, 4) is 0 Å². The number of carbonyl (C=O) groups excluding carboxylic acids is 1. The quantitative estimate of drug-likeness (QED) is 0.792. The van der Waals surface area contributed by atoms with Crippen LogP contribution in [0.1, 0.15) is 65.2 Å². The first-order valence-corrected chi connectivity index (χ1v) is 7.63. The van der Waals surface area contributed by atoms with Gasteiger partial charge in [-0.05, 0) is 31.1 Å². The summed E-state index contributed by atoms with van der Waals surface area (Å²) in [5.74, 6) is 1.18. The Bertz CT molecular complexity index is 233. The van der Waals surface area contributed by atoms with Gasteiger partial charge in [0.1, 0.15) is 0 Å². The van der Waals surface area contributed by atoms with Gasteiger partial charge in [-0.1, -0.05) is 46.0 Å². The molecule has 0 aliphatic heterocycles. The molecule has 1 aliphatic rings. The van der Waals surface area contributed by atoms with Crippen molar-refractivity contribution in [2.75, 3.05) is 6.54 Å². The lowest BCUT2D eigenvalue weighted by Gasteiger charge is -2.21. The second-order valence-electron chi connectivity index (χ2n) is 6.19. The number of amides is 1. The van der Waals surface area contributed by atoms with E-state index in [4.69, 9.17) is 5.73 Å². The van der Waals surface area contributed by atoms with Crippen molar-refractivity contribution in [1.82, 2.24) is 5.32 Å². The highest BCUT2D eigenvalue weighted by Crippen LogP contribution is 2.21. The summed E-state index contributed by atoms with van der Waals surface area (Å²) in [7, 11) is 0. The van der Waals surface area contributed by atoms with Gasteiger partial charge in [0, 0.05) is 6.54 Å². The average Bonchev–Trinajstić information content (AvgIpc) is 2.26. The summed E-state index contributed by atoms with van der Waals surface area (Å²) < 4.78 is 0. The van der Waals surface area contributed by atoms with E-state index in [1.807, 2.05) is 0 Å². The molecule has 18 heavy (non-hydrogen) atoms. The molecule has 0 radical (unpaired) electrons. The molecule has 0 spiro atoms. The van der Waals surface area contributed by atoms with Crippen LogP contribution in [0.15, 0.2) is 0 Å². The fourth-order valence-corrected chi connectivity index (χ4v) is 2.74. The molecule has 0 aromatic rings. The molecule has 0 bridgehead atoms. The Morgan fingerprint density at radius 1 is 1.17 bits per heavy atom. The number of hydrogen-bond acceptors (Lipinski definition) is 2. The zero-order chi connectivity index (χ0) is 13.4. The molecule has 0 saturated heterocycles. The first-order chi connectivity index (χ1) is 8.59. The summed E-state index contributed by atoms with van der Waals surface area (Å²) in [6, 6.07) is -0.335. The van der Waals surface area contributed by atoms with E-state index in [-0.39, 0.29) is 11.9 Å². The van der Waals surface area contributed by atoms with Crippen molar-refractivity contribution in [1.29, 1.82) is 0 Å². The first-order valence-electron chi connectivity index (χ1n) is 7.63. The SMILES string of the molecule is CC(C)C[C@H](N)C(=O)NCC1CCCCCCC1. The minimum atomic E-state index is -0.335. The maximum absolute atomic E-state index is 11.8. The molecule has 1 aliphatic carbocycles. The summed E-state index contributed by atoms with van der Waals surface area (Å²) in [6.45, 7) is 5.02. The van der Waals surface area contributed by atoms with Crippen LogP contribution in [0.4, 0.5) is 0 Å². The fourth-order valence-electron chi connectivity index (χ4n) is 2.74. The number of nitrogens with one attached hydrogen (secondary N) is 1. The normalized spacial score (nSPS) is 20.2. The summed E-state index contributed by atoms with van der Waals surface area (Å²) in [4.78, 5) is 11.8. The molecule has 1 rings (SSSR count). The summed E-state index contributed by atoms with van der Waals surface area (Å²) >= 11 is 0. The van der Waals surface area contributed by atoms with Crippen LogP contribution in [0.3, 0.4) is 0 Å². The summed E-state index contributed by atoms with van der Waals surface area (Å²) in [5.41, 5.74) is 5.88. The maximum Gasteiger partial charge on any atom is 0.236 e. The van der Waals surface area contributed by atoms with Crippen LogP contribution in [0.2, 0.25) is 0 Å². The smallest absolute Gasteiger partial charge is 0.236 e. The molecule has 0 aromatic heterocycles. The van der Waals surface area contributed by atoms with Crippen molar-refractivity contribution in [2.24, 2.45) is 17.6 Å². The van der Waals surface area contributed by atoms with E-state index < -0.39 is 0 Å². The molecule has 0 aromatic carbocycles. The third-order valence-electron chi connectivity index (χ3n) is 3.85. The summed E-state index contributed by atoms with van der Waals surface area (Å²) in [6.07, 6.45) is 10.0. The van der Waals surface area contributed by atoms with Gasteiger partial charge < -0.3 is 11.1 Å². The van der Waals surface area contributed by atoms with Gasteiger partial charge in [0.25, 0.3) is 0 Å². The van der Waals surface area contributed by atoms with E-state index in [1.165, 1.54) is 44.9 Å². The number of rotatable bonds is 5. The third kappa shape index (κ3) is 6.39. The molecule has 0 unspecified atom stereocenters. The lowest BCUT2D eigenvalue weighted by Crippen LogP contribution is -2.43. The van der Waals surface area contributed by atoms with Crippen LogP contribution in [0.5, 0.6) is 0 Å². The first kappa shape index (κ1) is 15.5. The molecule has 1 fully saturated rings. The average molecular weight is 254 g/mol. The van der Waals surface area contributed by atoms with E-state index in [1.54, 1.807) is 0 Å². The number of carbonyl (C=O) groups is 1. The van der Waals surface area contributed by atoms with Crippen molar-refractivity contribution >= 4 is 5.91 Å². The highest BCUT2D eigenvalue weighted by molar-refractivity contribution is 5.81. The van der Waals surface area contributed by atoms with Gasteiger partial charge in [0.05, 0.1) is 6.04 Å². The van der Waals surface area contributed by atoms with Crippen LogP contribution >= 0.6 is 0 Å². The Morgan fingerprint density at radius 2 is 1.72 bits per heavy atom. The Hall–Kier alpha value is -0.570. The highest BCUT2D eigenvalue weighted by atomic mass is 16.2.